The number of carbonyl (C=O) groups excluding carboxylic acids is 1. The highest BCUT2D eigenvalue weighted by Gasteiger charge is 2.22. The molecule has 1 atom stereocenters. The largest absolute Gasteiger partial charge is 0.504 e. The first-order valence-electron chi connectivity index (χ1n) is 6.47. The van der Waals surface area contributed by atoms with Gasteiger partial charge >= 0.3 is 0 Å². The molecule has 0 saturated carbocycles. The normalized spacial score (nSPS) is 19.1. The van der Waals surface area contributed by atoms with Crippen molar-refractivity contribution in [3.8, 4) is 11.5 Å². The lowest BCUT2D eigenvalue weighted by atomic mass is 10.1. The molecule has 1 heterocycles. The highest BCUT2D eigenvalue weighted by molar-refractivity contribution is 5.97. The molecule has 2 N–H and O–H groups in total. The van der Waals surface area contributed by atoms with Crippen LogP contribution in [0.1, 0.15) is 29.6 Å². The zero-order valence-corrected chi connectivity index (χ0v) is 11.0. The number of phenols is 2. The number of phenolic OH excluding ortho intramolecular Hbond substituents is 2. The quantitative estimate of drug-likeness (QED) is 0.817. The number of amides is 1. The molecule has 19 heavy (non-hydrogen) atoms. The summed E-state index contributed by atoms with van der Waals surface area (Å²) in [5.41, 5.74) is 0.110. The minimum absolute atomic E-state index is 0.0575. The summed E-state index contributed by atoms with van der Waals surface area (Å²) in [6, 6.07) is 4.37. The fourth-order valence-corrected chi connectivity index (χ4v) is 2.25. The Hall–Kier alpha value is -1.75. The van der Waals surface area contributed by atoms with Gasteiger partial charge < -0.3 is 19.8 Å². The van der Waals surface area contributed by atoms with E-state index in [9.17, 15) is 15.0 Å². The maximum absolute atomic E-state index is 12.2. The van der Waals surface area contributed by atoms with E-state index in [1.54, 1.807) is 7.05 Å². The van der Waals surface area contributed by atoms with Crippen LogP contribution in [0, 0.1) is 0 Å². The van der Waals surface area contributed by atoms with E-state index in [4.69, 9.17) is 4.74 Å². The van der Waals surface area contributed by atoms with E-state index in [1.807, 2.05) is 0 Å². The summed E-state index contributed by atoms with van der Waals surface area (Å²) in [7, 11) is 1.67. The van der Waals surface area contributed by atoms with Crippen molar-refractivity contribution in [2.75, 3.05) is 20.2 Å². The average molecular weight is 265 g/mol. The fourth-order valence-electron chi connectivity index (χ4n) is 2.25. The average Bonchev–Trinajstić information content (AvgIpc) is 2.42. The third kappa shape index (κ3) is 3.17. The second-order valence-corrected chi connectivity index (χ2v) is 4.85. The van der Waals surface area contributed by atoms with Crippen LogP contribution in [0.2, 0.25) is 0 Å². The summed E-state index contributed by atoms with van der Waals surface area (Å²) in [5.74, 6) is -0.973. The standard InChI is InChI=1S/C14H19NO4/c1-15(9-10-5-2-3-8-19-10)14(18)11-6-4-7-12(16)13(11)17/h4,6-7,10,16-17H,2-3,5,8-9H2,1H3. The van der Waals surface area contributed by atoms with E-state index >= 15 is 0 Å². The maximum Gasteiger partial charge on any atom is 0.257 e. The summed E-state index contributed by atoms with van der Waals surface area (Å²) in [5, 5.41) is 19.1. The van der Waals surface area contributed by atoms with Crippen molar-refractivity contribution >= 4 is 5.91 Å². The third-order valence-electron chi connectivity index (χ3n) is 3.34. The molecule has 1 amide bonds. The molecule has 0 radical (unpaired) electrons. The summed E-state index contributed by atoms with van der Waals surface area (Å²) in [6.07, 6.45) is 3.19. The molecule has 1 aromatic rings. The molecule has 1 aromatic carbocycles. The molecule has 0 aromatic heterocycles. The first-order valence-corrected chi connectivity index (χ1v) is 6.47. The molecular formula is C14H19NO4. The molecule has 0 bridgehead atoms. The van der Waals surface area contributed by atoms with Crippen molar-refractivity contribution in [2.45, 2.75) is 25.4 Å². The first kappa shape index (κ1) is 13.7. The zero-order chi connectivity index (χ0) is 13.8. The lowest BCUT2D eigenvalue weighted by molar-refractivity contribution is -0.000245. The fraction of sp³-hybridized carbons (Fsp3) is 0.500. The first-order chi connectivity index (χ1) is 9.09. The molecular weight excluding hydrogens is 246 g/mol. The maximum atomic E-state index is 12.2. The molecule has 104 valence electrons. The summed E-state index contributed by atoms with van der Waals surface area (Å²) < 4.78 is 5.58. The third-order valence-corrected chi connectivity index (χ3v) is 3.34. The zero-order valence-electron chi connectivity index (χ0n) is 11.0. The van der Waals surface area contributed by atoms with Crippen LogP contribution >= 0.6 is 0 Å². The van der Waals surface area contributed by atoms with Gasteiger partial charge in [0, 0.05) is 20.2 Å². The van der Waals surface area contributed by atoms with Crippen molar-refractivity contribution in [2.24, 2.45) is 0 Å². The number of rotatable bonds is 3. The smallest absolute Gasteiger partial charge is 0.257 e. The Kier molecular flexibility index (Phi) is 4.27. The van der Waals surface area contributed by atoms with Crippen molar-refractivity contribution in [3.05, 3.63) is 23.8 Å². The van der Waals surface area contributed by atoms with E-state index in [1.165, 1.54) is 23.1 Å². The van der Waals surface area contributed by atoms with E-state index in [2.05, 4.69) is 0 Å². The van der Waals surface area contributed by atoms with Crippen LogP contribution in [0.25, 0.3) is 0 Å². The molecule has 2 rings (SSSR count). The van der Waals surface area contributed by atoms with Crippen molar-refractivity contribution in [1.29, 1.82) is 0 Å². The Morgan fingerprint density at radius 3 is 2.89 bits per heavy atom. The lowest BCUT2D eigenvalue weighted by Crippen LogP contribution is -2.37. The monoisotopic (exact) mass is 265 g/mol. The minimum Gasteiger partial charge on any atom is -0.504 e. The van der Waals surface area contributed by atoms with E-state index in [0.717, 1.165) is 25.9 Å². The van der Waals surface area contributed by atoms with Crippen molar-refractivity contribution in [3.63, 3.8) is 0 Å². The number of likely N-dealkylation sites (N-methyl/N-ethyl adjacent to an activating group) is 1. The van der Waals surface area contributed by atoms with Gasteiger partial charge in [0.1, 0.15) is 0 Å². The summed E-state index contributed by atoms with van der Waals surface area (Å²) >= 11 is 0. The van der Waals surface area contributed by atoms with Crippen LogP contribution in [0.3, 0.4) is 0 Å². The Balaban J connectivity index is 2.03. The van der Waals surface area contributed by atoms with E-state index in [0.29, 0.717) is 6.54 Å². The second kappa shape index (κ2) is 5.93. The van der Waals surface area contributed by atoms with Gasteiger partial charge in [-0.25, -0.2) is 0 Å². The van der Waals surface area contributed by atoms with Gasteiger partial charge in [-0.15, -0.1) is 0 Å². The lowest BCUT2D eigenvalue weighted by Gasteiger charge is -2.27. The number of hydrogen-bond acceptors (Lipinski definition) is 4. The molecule has 1 fully saturated rings. The Labute approximate surface area is 112 Å². The molecule has 0 spiro atoms. The Morgan fingerprint density at radius 2 is 2.21 bits per heavy atom. The molecule has 1 aliphatic rings. The topological polar surface area (TPSA) is 70.0 Å². The van der Waals surface area contributed by atoms with Crippen LogP contribution in [0.4, 0.5) is 0 Å². The van der Waals surface area contributed by atoms with Gasteiger partial charge in [0.2, 0.25) is 0 Å². The Morgan fingerprint density at radius 1 is 1.42 bits per heavy atom. The van der Waals surface area contributed by atoms with Gasteiger partial charge in [-0.2, -0.15) is 0 Å². The van der Waals surface area contributed by atoms with Gasteiger partial charge in [-0.3, -0.25) is 4.79 Å². The number of nitrogens with zero attached hydrogens (tertiary/aromatic N) is 1. The van der Waals surface area contributed by atoms with Crippen LogP contribution < -0.4 is 0 Å². The molecule has 5 heteroatoms. The molecule has 0 aliphatic carbocycles. The predicted molar refractivity (Wildman–Crippen MR) is 70.3 cm³/mol. The molecule has 1 aliphatic heterocycles. The van der Waals surface area contributed by atoms with E-state index in [-0.39, 0.29) is 29.1 Å². The van der Waals surface area contributed by atoms with Crippen molar-refractivity contribution < 1.29 is 19.7 Å². The summed E-state index contributed by atoms with van der Waals surface area (Å²) in [4.78, 5) is 13.7. The van der Waals surface area contributed by atoms with Gasteiger partial charge in [-0.05, 0) is 31.4 Å². The number of carbonyl (C=O) groups is 1. The van der Waals surface area contributed by atoms with Crippen LogP contribution in [-0.2, 0) is 4.74 Å². The van der Waals surface area contributed by atoms with Crippen molar-refractivity contribution in [1.82, 2.24) is 4.90 Å². The molecule has 1 unspecified atom stereocenters. The number of para-hydroxylation sites is 1. The number of benzene rings is 1. The highest BCUT2D eigenvalue weighted by atomic mass is 16.5. The van der Waals surface area contributed by atoms with Gasteiger partial charge in [0.25, 0.3) is 5.91 Å². The predicted octanol–water partition coefficient (Wildman–Crippen LogP) is 1.74. The highest BCUT2D eigenvalue weighted by Crippen LogP contribution is 2.29. The number of aromatic hydroxyl groups is 2. The molecule has 1 saturated heterocycles. The minimum atomic E-state index is -0.371. The van der Waals surface area contributed by atoms with Crippen LogP contribution in [-0.4, -0.2) is 47.3 Å². The van der Waals surface area contributed by atoms with Gasteiger partial charge in [-0.1, -0.05) is 6.07 Å². The van der Waals surface area contributed by atoms with Gasteiger partial charge in [0.15, 0.2) is 11.5 Å². The number of hydrogen-bond donors (Lipinski definition) is 2. The van der Waals surface area contributed by atoms with Gasteiger partial charge in [0.05, 0.1) is 11.7 Å². The van der Waals surface area contributed by atoms with Crippen LogP contribution in [0.5, 0.6) is 11.5 Å². The van der Waals surface area contributed by atoms with E-state index < -0.39 is 0 Å². The van der Waals surface area contributed by atoms with Crippen LogP contribution in [0.15, 0.2) is 18.2 Å². The SMILES string of the molecule is CN(CC1CCCCO1)C(=O)c1cccc(O)c1O. The number of ether oxygens (including phenoxy) is 1. The second-order valence-electron chi connectivity index (χ2n) is 4.85. The molecule has 5 nitrogen and oxygen atoms in total. The summed E-state index contributed by atoms with van der Waals surface area (Å²) in [6.45, 7) is 1.23. The Bertz CT molecular complexity index is 455.